The largest absolute Gasteiger partial charge is 0.355 e. The monoisotopic (exact) mass is 346 g/mol. The first kappa shape index (κ1) is 15.3. The SMILES string of the molecule is CNC(=O)c1ccc(CNC(=O)c2ccccc2Br)cc1. The lowest BCUT2D eigenvalue weighted by atomic mass is 10.1. The molecule has 0 radical (unpaired) electrons. The number of hydrogen-bond acceptors (Lipinski definition) is 2. The molecule has 0 atom stereocenters. The second-order valence-corrected chi connectivity index (χ2v) is 5.29. The van der Waals surface area contributed by atoms with Crippen LogP contribution in [0.1, 0.15) is 26.3 Å². The molecule has 2 N–H and O–H groups in total. The van der Waals surface area contributed by atoms with E-state index in [4.69, 9.17) is 0 Å². The molecule has 0 aliphatic rings. The summed E-state index contributed by atoms with van der Waals surface area (Å²) in [4.78, 5) is 23.5. The Morgan fingerprint density at radius 2 is 1.67 bits per heavy atom. The highest BCUT2D eigenvalue weighted by Crippen LogP contribution is 2.15. The zero-order valence-electron chi connectivity index (χ0n) is 11.5. The van der Waals surface area contributed by atoms with E-state index < -0.39 is 0 Å². The Bertz CT molecular complexity index is 654. The molecule has 2 aromatic rings. The highest BCUT2D eigenvalue weighted by Gasteiger charge is 2.09. The molecule has 0 bridgehead atoms. The number of halogens is 1. The minimum absolute atomic E-state index is 0.126. The summed E-state index contributed by atoms with van der Waals surface area (Å²) in [6.45, 7) is 0.411. The Labute approximate surface area is 131 Å². The van der Waals surface area contributed by atoms with Crippen molar-refractivity contribution in [2.24, 2.45) is 0 Å². The van der Waals surface area contributed by atoms with E-state index in [2.05, 4.69) is 26.6 Å². The molecule has 2 aromatic carbocycles. The van der Waals surface area contributed by atoms with Crippen LogP contribution in [0, 0.1) is 0 Å². The van der Waals surface area contributed by atoms with E-state index in [0.29, 0.717) is 17.7 Å². The molecule has 108 valence electrons. The summed E-state index contributed by atoms with van der Waals surface area (Å²) in [5.41, 5.74) is 2.13. The van der Waals surface area contributed by atoms with Gasteiger partial charge >= 0.3 is 0 Å². The quantitative estimate of drug-likeness (QED) is 0.894. The van der Waals surface area contributed by atoms with Crippen LogP contribution in [0.15, 0.2) is 53.0 Å². The van der Waals surface area contributed by atoms with E-state index in [1.807, 2.05) is 30.3 Å². The molecular weight excluding hydrogens is 332 g/mol. The molecule has 0 saturated carbocycles. The van der Waals surface area contributed by atoms with Crippen molar-refractivity contribution < 1.29 is 9.59 Å². The molecular formula is C16H15BrN2O2. The third-order valence-electron chi connectivity index (χ3n) is 3.01. The van der Waals surface area contributed by atoms with Gasteiger partial charge in [0.05, 0.1) is 5.56 Å². The lowest BCUT2D eigenvalue weighted by Gasteiger charge is -2.07. The molecule has 5 heteroatoms. The molecule has 0 heterocycles. The van der Waals surface area contributed by atoms with Gasteiger partial charge in [0, 0.05) is 23.6 Å². The number of hydrogen-bond donors (Lipinski definition) is 2. The number of nitrogens with one attached hydrogen (secondary N) is 2. The third-order valence-corrected chi connectivity index (χ3v) is 3.71. The van der Waals surface area contributed by atoms with Gasteiger partial charge < -0.3 is 10.6 Å². The van der Waals surface area contributed by atoms with Gasteiger partial charge in [0.15, 0.2) is 0 Å². The average Bonchev–Trinajstić information content (AvgIpc) is 2.52. The number of rotatable bonds is 4. The van der Waals surface area contributed by atoms with Gasteiger partial charge in [-0.1, -0.05) is 24.3 Å². The van der Waals surface area contributed by atoms with Crippen LogP contribution in [-0.2, 0) is 6.54 Å². The van der Waals surface area contributed by atoms with E-state index in [-0.39, 0.29) is 11.8 Å². The summed E-state index contributed by atoms with van der Waals surface area (Å²) >= 11 is 3.35. The van der Waals surface area contributed by atoms with E-state index in [9.17, 15) is 9.59 Å². The topological polar surface area (TPSA) is 58.2 Å². The van der Waals surface area contributed by atoms with Crippen LogP contribution in [0.4, 0.5) is 0 Å². The maximum absolute atomic E-state index is 12.1. The second kappa shape index (κ2) is 7.04. The van der Waals surface area contributed by atoms with Gasteiger partial charge in [-0.2, -0.15) is 0 Å². The first-order valence-corrected chi connectivity index (χ1v) is 7.25. The number of amides is 2. The maximum atomic E-state index is 12.1. The molecule has 2 rings (SSSR count). The van der Waals surface area contributed by atoms with Crippen LogP contribution in [0.25, 0.3) is 0 Å². The van der Waals surface area contributed by atoms with Gasteiger partial charge in [-0.3, -0.25) is 9.59 Å². The summed E-state index contributed by atoms with van der Waals surface area (Å²) in [6.07, 6.45) is 0. The fraction of sp³-hybridized carbons (Fsp3) is 0.125. The summed E-state index contributed by atoms with van der Waals surface area (Å²) < 4.78 is 0.762. The fourth-order valence-electron chi connectivity index (χ4n) is 1.84. The fourth-order valence-corrected chi connectivity index (χ4v) is 2.31. The Hall–Kier alpha value is -2.14. The van der Waals surface area contributed by atoms with Gasteiger partial charge in [-0.15, -0.1) is 0 Å². The standard InChI is InChI=1S/C16H15BrN2O2/c1-18-15(20)12-8-6-11(7-9-12)10-19-16(21)13-4-2-3-5-14(13)17/h2-9H,10H2,1H3,(H,18,20)(H,19,21). The zero-order valence-corrected chi connectivity index (χ0v) is 13.1. The van der Waals surface area contributed by atoms with Crippen molar-refractivity contribution in [2.45, 2.75) is 6.54 Å². The minimum Gasteiger partial charge on any atom is -0.355 e. The lowest BCUT2D eigenvalue weighted by molar-refractivity contribution is 0.0945. The minimum atomic E-state index is -0.141. The summed E-state index contributed by atoms with van der Waals surface area (Å²) in [5, 5.41) is 5.41. The number of benzene rings is 2. The predicted octanol–water partition coefficient (Wildman–Crippen LogP) is 2.74. The van der Waals surface area contributed by atoms with Crippen molar-refractivity contribution in [3.05, 3.63) is 69.7 Å². The molecule has 21 heavy (non-hydrogen) atoms. The molecule has 0 fully saturated rings. The van der Waals surface area contributed by atoms with Crippen LogP contribution in [0.2, 0.25) is 0 Å². The van der Waals surface area contributed by atoms with Gasteiger partial charge in [-0.25, -0.2) is 0 Å². The molecule has 0 spiro atoms. The Balaban J connectivity index is 1.99. The summed E-state index contributed by atoms with van der Waals surface area (Å²) in [5.74, 6) is -0.267. The second-order valence-electron chi connectivity index (χ2n) is 4.44. The predicted molar refractivity (Wildman–Crippen MR) is 85.1 cm³/mol. The lowest BCUT2D eigenvalue weighted by Crippen LogP contribution is -2.23. The number of carbonyl (C=O) groups excluding carboxylic acids is 2. The first-order valence-electron chi connectivity index (χ1n) is 6.45. The van der Waals surface area contributed by atoms with Crippen molar-refractivity contribution in [3.8, 4) is 0 Å². The molecule has 0 aliphatic carbocycles. The normalized spacial score (nSPS) is 10.0. The Kier molecular flexibility index (Phi) is 5.11. The van der Waals surface area contributed by atoms with Crippen LogP contribution >= 0.6 is 15.9 Å². The zero-order chi connectivity index (χ0) is 15.2. The van der Waals surface area contributed by atoms with E-state index in [0.717, 1.165) is 10.0 Å². The maximum Gasteiger partial charge on any atom is 0.252 e. The summed E-state index contributed by atoms with van der Waals surface area (Å²) in [7, 11) is 1.59. The van der Waals surface area contributed by atoms with Crippen LogP contribution in [-0.4, -0.2) is 18.9 Å². The average molecular weight is 347 g/mol. The van der Waals surface area contributed by atoms with Crippen molar-refractivity contribution in [3.63, 3.8) is 0 Å². The van der Waals surface area contributed by atoms with Gasteiger partial charge in [0.2, 0.25) is 0 Å². The van der Waals surface area contributed by atoms with Crippen LogP contribution in [0.3, 0.4) is 0 Å². The van der Waals surface area contributed by atoms with E-state index in [1.165, 1.54) is 0 Å². The highest BCUT2D eigenvalue weighted by atomic mass is 79.9. The van der Waals surface area contributed by atoms with Crippen molar-refractivity contribution in [1.29, 1.82) is 0 Å². The number of carbonyl (C=O) groups is 2. The van der Waals surface area contributed by atoms with Gasteiger partial charge in [0.25, 0.3) is 11.8 Å². The van der Waals surface area contributed by atoms with Crippen LogP contribution in [0.5, 0.6) is 0 Å². The smallest absolute Gasteiger partial charge is 0.252 e. The molecule has 0 unspecified atom stereocenters. The van der Waals surface area contributed by atoms with E-state index in [1.54, 1.807) is 25.2 Å². The molecule has 0 aliphatic heterocycles. The van der Waals surface area contributed by atoms with Crippen molar-refractivity contribution >= 4 is 27.7 Å². The molecule has 0 saturated heterocycles. The Morgan fingerprint density at radius 3 is 2.29 bits per heavy atom. The molecule has 4 nitrogen and oxygen atoms in total. The van der Waals surface area contributed by atoms with Crippen molar-refractivity contribution in [2.75, 3.05) is 7.05 Å². The Morgan fingerprint density at radius 1 is 1.00 bits per heavy atom. The molecule has 2 amide bonds. The molecule has 0 aromatic heterocycles. The van der Waals surface area contributed by atoms with E-state index >= 15 is 0 Å². The highest BCUT2D eigenvalue weighted by molar-refractivity contribution is 9.10. The first-order chi connectivity index (χ1) is 10.1. The summed E-state index contributed by atoms with van der Waals surface area (Å²) in [6, 6.07) is 14.4. The van der Waals surface area contributed by atoms with Gasteiger partial charge in [0.1, 0.15) is 0 Å². The van der Waals surface area contributed by atoms with Gasteiger partial charge in [-0.05, 0) is 45.8 Å². The van der Waals surface area contributed by atoms with Crippen molar-refractivity contribution in [1.82, 2.24) is 10.6 Å². The van der Waals surface area contributed by atoms with Crippen LogP contribution < -0.4 is 10.6 Å². The third kappa shape index (κ3) is 3.92.